The van der Waals surface area contributed by atoms with E-state index in [4.69, 9.17) is 0 Å². The number of hydrogen-bond donors (Lipinski definition) is 1. The second kappa shape index (κ2) is 7.82. The van der Waals surface area contributed by atoms with Crippen molar-refractivity contribution in [2.75, 3.05) is 13.1 Å². The minimum absolute atomic E-state index is 0.0313. The van der Waals surface area contributed by atoms with Crippen molar-refractivity contribution >= 4 is 10.0 Å². The van der Waals surface area contributed by atoms with E-state index in [-0.39, 0.29) is 12.5 Å². The van der Waals surface area contributed by atoms with Gasteiger partial charge in [-0.3, -0.25) is 0 Å². The first-order chi connectivity index (χ1) is 12.5. The lowest BCUT2D eigenvalue weighted by Crippen LogP contribution is -2.40. The second-order valence-electron chi connectivity index (χ2n) is 6.65. The summed E-state index contributed by atoms with van der Waals surface area (Å²) in [6, 6.07) is 7.19. The molecule has 0 saturated carbocycles. The summed E-state index contributed by atoms with van der Waals surface area (Å²) in [6.07, 6.45) is 3.93. The molecule has 0 radical (unpaired) electrons. The third-order valence-corrected chi connectivity index (χ3v) is 6.90. The average molecular weight is 375 g/mol. The molecule has 140 valence electrons. The molecule has 6 nitrogen and oxygen atoms in total. The number of aryl methyl sites for hydroxylation is 2. The van der Waals surface area contributed by atoms with Crippen molar-refractivity contribution in [2.24, 2.45) is 0 Å². The van der Waals surface area contributed by atoms with Crippen LogP contribution in [0.2, 0.25) is 0 Å². The SMILES string of the molecule is CCc1ccccc1S(=O)(=O)N1CCCC(c2nc(C)ncc2CO)C1. The highest BCUT2D eigenvalue weighted by Gasteiger charge is 2.33. The predicted molar refractivity (Wildman–Crippen MR) is 99.2 cm³/mol. The summed E-state index contributed by atoms with van der Waals surface area (Å²) in [6.45, 7) is 4.51. The van der Waals surface area contributed by atoms with Gasteiger partial charge in [-0.15, -0.1) is 0 Å². The molecular weight excluding hydrogens is 350 g/mol. The highest BCUT2D eigenvalue weighted by atomic mass is 32.2. The van der Waals surface area contributed by atoms with Crippen molar-refractivity contribution in [2.45, 2.75) is 50.5 Å². The molecule has 1 aromatic heterocycles. The number of benzene rings is 1. The lowest BCUT2D eigenvalue weighted by Gasteiger charge is -2.32. The normalized spacial score (nSPS) is 18.8. The maximum absolute atomic E-state index is 13.2. The topological polar surface area (TPSA) is 83.4 Å². The van der Waals surface area contributed by atoms with Gasteiger partial charge < -0.3 is 5.11 Å². The number of sulfonamides is 1. The zero-order valence-corrected chi connectivity index (χ0v) is 16.0. The van der Waals surface area contributed by atoms with E-state index in [1.165, 1.54) is 0 Å². The van der Waals surface area contributed by atoms with E-state index in [0.717, 1.165) is 24.1 Å². The largest absolute Gasteiger partial charge is 0.392 e. The molecule has 7 heteroatoms. The Morgan fingerprint density at radius 1 is 1.27 bits per heavy atom. The van der Waals surface area contributed by atoms with Gasteiger partial charge >= 0.3 is 0 Å². The molecule has 0 amide bonds. The van der Waals surface area contributed by atoms with E-state index in [9.17, 15) is 13.5 Å². The third kappa shape index (κ3) is 3.65. The fourth-order valence-electron chi connectivity index (χ4n) is 3.56. The minimum atomic E-state index is -3.55. The predicted octanol–water partition coefficient (Wildman–Crippen LogP) is 2.41. The first-order valence-corrected chi connectivity index (χ1v) is 10.4. The molecule has 3 rings (SSSR count). The molecule has 1 fully saturated rings. The molecule has 2 heterocycles. The quantitative estimate of drug-likeness (QED) is 0.868. The summed E-state index contributed by atoms with van der Waals surface area (Å²) >= 11 is 0. The molecule has 1 aliphatic rings. The Morgan fingerprint density at radius 3 is 2.77 bits per heavy atom. The van der Waals surface area contributed by atoms with E-state index in [0.29, 0.717) is 35.8 Å². The number of nitrogens with zero attached hydrogens (tertiary/aromatic N) is 3. The van der Waals surface area contributed by atoms with Gasteiger partial charge in [-0.1, -0.05) is 25.1 Å². The first-order valence-electron chi connectivity index (χ1n) is 8.98. The Balaban J connectivity index is 1.92. The Kier molecular flexibility index (Phi) is 5.70. The molecular formula is C19H25N3O3S. The third-order valence-electron chi connectivity index (χ3n) is 4.93. The van der Waals surface area contributed by atoms with Gasteiger partial charge in [0.2, 0.25) is 10.0 Å². The summed E-state index contributed by atoms with van der Waals surface area (Å²) in [5.41, 5.74) is 2.28. The fraction of sp³-hybridized carbons (Fsp3) is 0.474. The van der Waals surface area contributed by atoms with Crippen LogP contribution in [0.15, 0.2) is 35.4 Å². The van der Waals surface area contributed by atoms with Crippen molar-refractivity contribution in [1.29, 1.82) is 0 Å². The van der Waals surface area contributed by atoms with Gasteiger partial charge in [0.05, 0.1) is 17.2 Å². The Morgan fingerprint density at radius 2 is 2.04 bits per heavy atom. The van der Waals surface area contributed by atoms with Crippen LogP contribution in [0, 0.1) is 6.92 Å². The number of rotatable bonds is 5. The monoisotopic (exact) mass is 375 g/mol. The number of aromatic nitrogens is 2. The van der Waals surface area contributed by atoms with E-state index >= 15 is 0 Å². The van der Waals surface area contributed by atoms with E-state index < -0.39 is 10.0 Å². The molecule has 0 bridgehead atoms. The van der Waals surface area contributed by atoms with Crippen molar-refractivity contribution in [3.63, 3.8) is 0 Å². The second-order valence-corrected chi connectivity index (χ2v) is 8.56. The molecule has 2 aromatic rings. The van der Waals surface area contributed by atoms with Crippen molar-refractivity contribution < 1.29 is 13.5 Å². The van der Waals surface area contributed by atoms with Crippen LogP contribution in [0.4, 0.5) is 0 Å². The van der Waals surface area contributed by atoms with Gasteiger partial charge in [-0.05, 0) is 37.8 Å². The minimum Gasteiger partial charge on any atom is -0.392 e. The standard InChI is InChI=1S/C19H25N3O3S/c1-3-15-7-4-5-9-18(15)26(24,25)22-10-6-8-16(12-22)19-17(13-23)11-20-14(2)21-19/h4-5,7,9,11,16,23H,3,6,8,10,12-13H2,1-2H3. The zero-order valence-electron chi connectivity index (χ0n) is 15.2. The summed E-state index contributed by atoms with van der Waals surface area (Å²) in [5.74, 6) is 0.602. The van der Waals surface area contributed by atoms with Gasteiger partial charge in [-0.2, -0.15) is 4.31 Å². The Hall–Kier alpha value is -1.83. The first kappa shape index (κ1) is 18.9. The maximum atomic E-state index is 13.2. The maximum Gasteiger partial charge on any atom is 0.243 e. The highest BCUT2D eigenvalue weighted by molar-refractivity contribution is 7.89. The van der Waals surface area contributed by atoms with Crippen LogP contribution in [-0.2, 0) is 23.1 Å². The summed E-state index contributed by atoms with van der Waals surface area (Å²) in [5, 5.41) is 9.60. The van der Waals surface area contributed by atoms with Crippen LogP contribution in [0.3, 0.4) is 0 Å². The van der Waals surface area contributed by atoms with Crippen LogP contribution in [-0.4, -0.2) is 40.9 Å². The molecule has 1 unspecified atom stereocenters. The van der Waals surface area contributed by atoms with Crippen LogP contribution in [0.25, 0.3) is 0 Å². The van der Waals surface area contributed by atoms with Crippen molar-refractivity contribution in [3.8, 4) is 0 Å². The fourth-order valence-corrected chi connectivity index (χ4v) is 5.38. The van der Waals surface area contributed by atoms with Crippen LogP contribution < -0.4 is 0 Å². The van der Waals surface area contributed by atoms with Gasteiger partial charge in [0.25, 0.3) is 0 Å². The lowest BCUT2D eigenvalue weighted by atomic mass is 9.93. The lowest BCUT2D eigenvalue weighted by molar-refractivity contribution is 0.272. The Labute approximate surface area is 155 Å². The van der Waals surface area contributed by atoms with Crippen LogP contribution in [0.1, 0.15) is 48.3 Å². The van der Waals surface area contributed by atoms with Crippen LogP contribution >= 0.6 is 0 Å². The molecule has 1 aromatic carbocycles. The summed E-state index contributed by atoms with van der Waals surface area (Å²) < 4.78 is 28.0. The Bertz CT molecular complexity index is 883. The van der Waals surface area contributed by atoms with Gasteiger partial charge in [0, 0.05) is 30.8 Å². The van der Waals surface area contributed by atoms with Crippen molar-refractivity contribution in [1.82, 2.24) is 14.3 Å². The van der Waals surface area contributed by atoms with E-state index in [1.54, 1.807) is 29.6 Å². The number of piperidine rings is 1. The van der Waals surface area contributed by atoms with E-state index in [2.05, 4.69) is 9.97 Å². The summed E-state index contributed by atoms with van der Waals surface area (Å²) in [7, 11) is -3.55. The average Bonchev–Trinajstić information content (AvgIpc) is 2.68. The highest BCUT2D eigenvalue weighted by Crippen LogP contribution is 2.32. The molecule has 1 N–H and O–H groups in total. The number of aliphatic hydroxyl groups excluding tert-OH is 1. The zero-order chi connectivity index (χ0) is 18.7. The van der Waals surface area contributed by atoms with E-state index in [1.807, 2.05) is 19.1 Å². The van der Waals surface area contributed by atoms with Crippen LogP contribution in [0.5, 0.6) is 0 Å². The van der Waals surface area contributed by atoms with Gasteiger partial charge in [0.1, 0.15) is 5.82 Å². The van der Waals surface area contributed by atoms with Crippen molar-refractivity contribution in [3.05, 3.63) is 53.1 Å². The number of aliphatic hydroxyl groups is 1. The molecule has 1 atom stereocenters. The van der Waals surface area contributed by atoms with Gasteiger partial charge in [0.15, 0.2) is 0 Å². The molecule has 0 spiro atoms. The molecule has 1 saturated heterocycles. The number of hydrogen-bond acceptors (Lipinski definition) is 5. The molecule has 26 heavy (non-hydrogen) atoms. The smallest absolute Gasteiger partial charge is 0.243 e. The summed E-state index contributed by atoms with van der Waals surface area (Å²) in [4.78, 5) is 9.03. The van der Waals surface area contributed by atoms with Gasteiger partial charge in [-0.25, -0.2) is 18.4 Å². The molecule has 1 aliphatic heterocycles. The molecule has 0 aliphatic carbocycles.